The molecule has 2 rings (SSSR count). The number of rotatable bonds is 3. The van der Waals surface area contributed by atoms with Gasteiger partial charge in [0.2, 0.25) is 0 Å². The number of hydrogen-bond acceptors (Lipinski definition) is 3. The zero-order chi connectivity index (χ0) is 15.7. The standard InChI is InChI=1S/C9H8O3.C8H8O/c10-8-4-1-7(2-5-8)3-6-9(11)12;1-2-7-3-5-8(9)6-4-7/h1-6,10H,(H,11,12);2-6,9H,1H2. The fourth-order valence-corrected chi connectivity index (χ4v) is 1.36. The van der Waals surface area contributed by atoms with E-state index < -0.39 is 5.97 Å². The lowest BCUT2D eigenvalue weighted by atomic mass is 10.2. The highest BCUT2D eigenvalue weighted by Gasteiger charge is 1.89. The Kier molecular flexibility index (Phi) is 6.28. The topological polar surface area (TPSA) is 77.8 Å². The average molecular weight is 284 g/mol. The van der Waals surface area contributed by atoms with Crippen molar-refractivity contribution >= 4 is 18.1 Å². The predicted molar refractivity (Wildman–Crippen MR) is 83.0 cm³/mol. The van der Waals surface area contributed by atoms with Crippen LogP contribution >= 0.6 is 0 Å². The molecule has 4 heteroatoms. The van der Waals surface area contributed by atoms with E-state index in [9.17, 15) is 4.79 Å². The molecule has 0 aliphatic rings. The summed E-state index contributed by atoms with van der Waals surface area (Å²) in [5, 5.41) is 26.0. The Balaban J connectivity index is 0.000000219. The molecule has 3 N–H and O–H groups in total. The molecule has 4 nitrogen and oxygen atoms in total. The molecule has 0 bridgehead atoms. The summed E-state index contributed by atoms with van der Waals surface area (Å²) in [6, 6.07) is 13.2. The Labute approximate surface area is 122 Å². The van der Waals surface area contributed by atoms with Crippen molar-refractivity contribution in [1.82, 2.24) is 0 Å². The van der Waals surface area contributed by atoms with E-state index in [1.807, 2.05) is 12.1 Å². The Hall–Kier alpha value is -3.01. The second kappa shape index (κ2) is 8.22. The smallest absolute Gasteiger partial charge is 0.328 e. The molecule has 0 fully saturated rings. The minimum Gasteiger partial charge on any atom is -0.508 e. The van der Waals surface area contributed by atoms with Crippen LogP contribution in [0.3, 0.4) is 0 Å². The van der Waals surface area contributed by atoms with Gasteiger partial charge >= 0.3 is 5.97 Å². The molecule has 0 spiro atoms. The number of carboxylic acids is 1. The van der Waals surface area contributed by atoms with Gasteiger partial charge in [-0.1, -0.05) is 36.9 Å². The molecule has 0 aromatic heterocycles. The third kappa shape index (κ3) is 6.63. The maximum Gasteiger partial charge on any atom is 0.328 e. The fraction of sp³-hybridized carbons (Fsp3) is 0. The number of phenolic OH excluding ortho intramolecular Hbond substituents is 2. The number of benzene rings is 2. The van der Waals surface area contributed by atoms with Gasteiger partial charge in [-0.25, -0.2) is 4.79 Å². The van der Waals surface area contributed by atoms with Gasteiger partial charge in [0.05, 0.1) is 0 Å². The normalized spacial score (nSPS) is 9.71. The molecule has 0 amide bonds. The quantitative estimate of drug-likeness (QED) is 0.753. The number of aromatic hydroxyl groups is 2. The average Bonchev–Trinajstić information content (AvgIpc) is 2.48. The van der Waals surface area contributed by atoms with Gasteiger partial charge in [-0.2, -0.15) is 0 Å². The van der Waals surface area contributed by atoms with Crippen molar-refractivity contribution in [3.8, 4) is 11.5 Å². The number of carbonyl (C=O) groups is 1. The van der Waals surface area contributed by atoms with Crippen molar-refractivity contribution in [3.05, 3.63) is 72.3 Å². The second-order valence-corrected chi connectivity index (χ2v) is 4.06. The molecule has 0 saturated heterocycles. The van der Waals surface area contributed by atoms with Crippen molar-refractivity contribution in [2.45, 2.75) is 0 Å². The van der Waals surface area contributed by atoms with Crippen LogP contribution in [0.1, 0.15) is 11.1 Å². The van der Waals surface area contributed by atoms with Gasteiger partial charge in [0, 0.05) is 6.08 Å². The van der Waals surface area contributed by atoms with Crippen LogP contribution in [-0.2, 0) is 4.79 Å². The summed E-state index contributed by atoms with van der Waals surface area (Å²) in [4.78, 5) is 10.1. The number of hydrogen-bond donors (Lipinski definition) is 3. The van der Waals surface area contributed by atoms with Crippen LogP contribution < -0.4 is 0 Å². The van der Waals surface area contributed by atoms with Crippen LogP contribution in [0.5, 0.6) is 11.5 Å². The molecule has 21 heavy (non-hydrogen) atoms. The number of aliphatic carboxylic acids is 1. The van der Waals surface area contributed by atoms with Crippen molar-refractivity contribution in [3.63, 3.8) is 0 Å². The van der Waals surface area contributed by atoms with Gasteiger partial charge in [0.25, 0.3) is 0 Å². The summed E-state index contributed by atoms with van der Waals surface area (Å²) < 4.78 is 0. The minimum atomic E-state index is -0.983. The van der Waals surface area contributed by atoms with E-state index in [4.69, 9.17) is 15.3 Å². The molecular weight excluding hydrogens is 268 g/mol. The third-order valence-corrected chi connectivity index (χ3v) is 2.44. The van der Waals surface area contributed by atoms with Crippen molar-refractivity contribution in [1.29, 1.82) is 0 Å². The lowest BCUT2D eigenvalue weighted by molar-refractivity contribution is -0.131. The molecule has 0 unspecified atom stereocenters. The number of phenols is 2. The highest BCUT2D eigenvalue weighted by molar-refractivity contribution is 5.85. The molecule has 0 heterocycles. The molecule has 0 aliphatic heterocycles. The summed E-state index contributed by atoms with van der Waals surface area (Å²) in [6.45, 7) is 3.58. The Morgan fingerprint density at radius 2 is 1.29 bits per heavy atom. The molecule has 0 atom stereocenters. The molecule has 2 aromatic carbocycles. The first kappa shape index (κ1) is 16.0. The Morgan fingerprint density at radius 1 is 0.857 bits per heavy atom. The maximum atomic E-state index is 10.1. The van der Waals surface area contributed by atoms with Crippen LogP contribution in [0.15, 0.2) is 61.2 Å². The van der Waals surface area contributed by atoms with Gasteiger partial charge in [0.1, 0.15) is 11.5 Å². The fourth-order valence-electron chi connectivity index (χ4n) is 1.36. The van der Waals surface area contributed by atoms with Gasteiger partial charge in [0.15, 0.2) is 0 Å². The number of carboxylic acid groups (broad SMARTS) is 1. The third-order valence-electron chi connectivity index (χ3n) is 2.44. The Bertz CT molecular complexity index is 610. The zero-order valence-corrected chi connectivity index (χ0v) is 11.3. The molecule has 108 valence electrons. The molecule has 0 aliphatic carbocycles. The first-order chi connectivity index (χ1) is 10.0. The zero-order valence-electron chi connectivity index (χ0n) is 11.3. The van der Waals surface area contributed by atoms with E-state index in [-0.39, 0.29) is 5.75 Å². The van der Waals surface area contributed by atoms with Crippen molar-refractivity contribution < 1.29 is 20.1 Å². The molecule has 0 radical (unpaired) electrons. The summed E-state index contributed by atoms with van der Waals surface area (Å²) >= 11 is 0. The SMILES string of the molecule is C=Cc1ccc(O)cc1.O=C(O)C=Cc1ccc(O)cc1. The van der Waals surface area contributed by atoms with E-state index in [1.165, 1.54) is 18.2 Å². The van der Waals surface area contributed by atoms with Gasteiger partial charge in [-0.15, -0.1) is 0 Å². The molecular formula is C17H16O4. The van der Waals surface area contributed by atoms with E-state index in [0.717, 1.165) is 17.2 Å². The van der Waals surface area contributed by atoms with Crippen LogP contribution in [0.25, 0.3) is 12.2 Å². The van der Waals surface area contributed by atoms with Crippen LogP contribution in [0, 0.1) is 0 Å². The van der Waals surface area contributed by atoms with E-state index in [1.54, 1.807) is 30.3 Å². The maximum absolute atomic E-state index is 10.1. The summed E-state index contributed by atoms with van der Waals surface area (Å²) in [5.74, 6) is -0.522. The Morgan fingerprint density at radius 3 is 1.67 bits per heavy atom. The predicted octanol–water partition coefficient (Wildman–Crippen LogP) is 3.53. The van der Waals surface area contributed by atoms with Gasteiger partial charge in [-0.3, -0.25) is 0 Å². The van der Waals surface area contributed by atoms with E-state index in [0.29, 0.717) is 5.75 Å². The van der Waals surface area contributed by atoms with Crippen LogP contribution in [0.2, 0.25) is 0 Å². The van der Waals surface area contributed by atoms with Crippen LogP contribution in [0.4, 0.5) is 0 Å². The largest absolute Gasteiger partial charge is 0.508 e. The van der Waals surface area contributed by atoms with Crippen LogP contribution in [-0.4, -0.2) is 21.3 Å². The second-order valence-electron chi connectivity index (χ2n) is 4.06. The lowest BCUT2D eigenvalue weighted by Gasteiger charge is -1.92. The van der Waals surface area contributed by atoms with Gasteiger partial charge in [-0.05, 0) is 41.5 Å². The lowest BCUT2D eigenvalue weighted by Crippen LogP contribution is -1.85. The first-order valence-corrected chi connectivity index (χ1v) is 6.13. The summed E-state index contributed by atoms with van der Waals surface area (Å²) in [7, 11) is 0. The summed E-state index contributed by atoms with van der Waals surface area (Å²) in [6.07, 6.45) is 4.24. The van der Waals surface area contributed by atoms with E-state index >= 15 is 0 Å². The first-order valence-electron chi connectivity index (χ1n) is 6.13. The van der Waals surface area contributed by atoms with Crippen molar-refractivity contribution in [2.75, 3.05) is 0 Å². The highest BCUT2D eigenvalue weighted by Crippen LogP contribution is 2.10. The monoisotopic (exact) mass is 284 g/mol. The van der Waals surface area contributed by atoms with Gasteiger partial charge < -0.3 is 15.3 Å². The van der Waals surface area contributed by atoms with Crippen molar-refractivity contribution in [2.24, 2.45) is 0 Å². The molecule has 2 aromatic rings. The molecule has 0 saturated carbocycles. The summed E-state index contributed by atoms with van der Waals surface area (Å²) in [5.41, 5.74) is 1.77. The minimum absolute atomic E-state index is 0.169. The highest BCUT2D eigenvalue weighted by atomic mass is 16.4. The van der Waals surface area contributed by atoms with E-state index in [2.05, 4.69) is 6.58 Å².